The second kappa shape index (κ2) is 7.45. The van der Waals surface area contributed by atoms with Crippen LogP contribution in [0.3, 0.4) is 0 Å². The van der Waals surface area contributed by atoms with Crippen LogP contribution in [-0.4, -0.2) is 16.1 Å². The second-order valence-electron chi connectivity index (χ2n) is 4.79. The number of nitrogens with zero attached hydrogens (tertiary/aromatic N) is 1. The van der Waals surface area contributed by atoms with E-state index >= 15 is 0 Å². The van der Waals surface area contributed by atoms with Crippen molar-refractivity contribution in [2.24, 2.45) is 5.92 Å². The summed E-state index contributed by atoms with van der Waals surface area (Å²) in [4.78, 5) is 16.4. The van der Waals surface area contributed by atoms with Crippen LogP contribution in [0.5, 0.6) is 0 Å². The van der Waals surface area contributed by atoms with E-state index in [-0.39, 0.29) is 17.1 Å². The molecule has 2 rings (SSSR count). The fourth-order valence-electron chi connectivity index (χ4n) is 1.74. The quantitative estimate of drug-likeness (QED) is 0.830. The summed E-state index contributed by atoms with van der Waals surface area (Å²) in [6.07, 6.45) is 3.51. The number of thioether (sulfide) groups is 1. The Kier molecular flexibility index (Phi) is 5.61. The van der Waals surface area contributed by atoms with Crippen LogP contribution in [0.1, 0.15) is 19.4 Å². The number of nitrogens with one attached hydrogen (secondary N) is 1. The molecule has 1 atom stereocenters. The molecule has 2 aromatic heterocycles. The van der Waals surface area contributed by atoms with Crippen molar-refractivity contribution in [2.75, 3.05) is 0 Å². The molecule has 2 heterocycles. The summed E-state index contributed by atoms with van der Waals surface area (Å²) >= 11 is 3.31. The Bertz CT molecular complexity index is 526. The van der Waals surface area contributed by atoms with Crippen molar-refractivity contribution in [3.8, 4) is 0 Å². The molecule has 106 valence electrons. The summed E-state index contributed by atoms with van der Waals surface area (Å²) in [5, 5.41) is 4.97. The predicted molar refractivity (Wildman–Crippen MR) is 84.9 cm³/mol. The van der Waals surface area contributed by atoms with Gasteiger partial charge in [-0.3, -0.25) is 9.78 Å². The van der Waals surface area contributed by atoms with E-state index in [1.807, 2.05) is 23.6 Å². The highest BCUT2D eigenvalue weighted by Crippen LogP contribution is 2.31. The Morgan fingerprint density at radius 3 is 2.85 bits per heavy atom. The van der Waals surface area contributed by atoms with Gasteiger partial charge in [0.25, 0.3) is 0 Å². The summed E-state index contributed by atoms with van der Waals surface area (Å²) in [6, 6.07) is 7.91. The average molecular weight is 306 g/mol. The monoisotopic (exact) mass is 306 g/mol. The zero-order valence-electron chi connectivity index (χ0n) is 11.6. The molecule has 0 radical (unpaired) electrons. The highest BCUT2D eigenvalue weighted by Gasteiger charge is 2.23. The maximum Gasteiger partial charge on any atom is 0.234 e. The Labute approximate surface area is 127 Å². The van der Waals surface area contributed by atoms with Crippen molar-refractivity contribution in [3.05, 3.63) is 47.6 Å². The van der Waals surface area contributed by atoms with Gasteiger partial charge in [0.05, 0.1) is 9.46 Å². The van der Waals surface area contributed by atoms with Crippen LogP contribution in [0.25, 0.3) is 0 Å². The largest absolute Gasteiger partial charge is 0.351 e. The van der Waals surface area contributed by atoms with Gasteiger partial charge in [0.1, 0.15) is 0 Å². The van der Waals surface area contributed by atoms with E-state index in [2.05, 4.69) is 30.2 Å². The van der Waals surface area contributed by atoms with Gasteiger partial charge in [0.15, 0.2) is 0 Å². The van der Waals surface area contributed by atoms with E-state index in [1.54, 1.807) is 35.5 Å². The van der Waals surface area contributed by atoms with Gasteiger partial charge < -0.3 is 5.32 Å². The van der Waals surface area contributed by atoms with E-state index in [0.29, 0.717) is 6.54 Å². The van der Waals surface area contributed by atoms with Gasteiger partial charge >= 0.3 is 0 Å². The lowest BCUT2D eigenvalue weighted by Crippen LogP contribution is -2.35. The maximum absolute atomic E-state index is 12.3. The first kappa shape index (κ1) is 15.1. The number of hydrogen-bond acceptors (Lipinski definition) is 4. The summed E-state index contributed by atoms with van der Waals surface area (Å²) < 4.78 is 1.18. The third kappa shape index (κ3) is 4.35. The third-order valence-corrected chi connectivity index (χ3v) is 5.41. The molecule has 0 aliphatic heterocycles. The predicted octanol–water partition coefficient (Wildman–Crippen LogP) is 3.58. The van der Waals surface area contributed by atoms with Gasteiger partial charge in [-0.1, -0.05) is 26.0 Å². The van der Waals surface area contributed by atoms with Crippen molar-refractivity contribution >= 4 is 29.0 Å². The van der Waals surface area contributed by atoms with Crippen LogP contribution in [0.15, 0.2) is 46.2 Å². The minimum absolute atomic E-state index is 0.0645. The normalized spacial score (nSPS) is 12.3. The number of pyridine rings is 1. The molecule has 5 heteroatoms. The minimum atomic E-state index is -0.0645. The number of amides is 1. The molecule has 0 saturated carbocycles. The molecule has 0 aromatic carbocycles. The number of thiophene rings is 1. The highest BCUT2D eigenvalue weighted by atomic mass is 32.2. The molecule has 2 aromatic rings. The molecule has 0 bridgehead atoms. The fraction of sp³-hybridized carbons (Fsp3) is 0.333. The number of hydrogen-bond donors (Lipinski definition) is 1. The SMILES string of the molecule is CC(C)[C@@H](Sc1cccs1)C(=O)NCc1cccnc1. The van der Waals surface area contributed by atoms with Crippen LogP contribution in [0.2, 0.25) is 0 Å². The second-order valence-corrected chi connectivity index (χ2v) is 7.18. The molecule has 1 N–H and O–H groups in total. The standard InChI is InChI=1S/C15H18N2OS2/c1-11(2)14(20-13-6-4-8-19-13)15(18)17-10-12-5-3-7-16-9-12/h3-9,11,14H,10H2,1-2H3,(H,17,18)/t14-/m1/s1. The summed E-state index contributed by atoms with van der Waals surface area (Å²) in [5.41, 5.74) is 1.02. The number of carbonyl (C=O) groups excluding carboxylic acids is 1. The summed E-state index contributed by atoms with van der Waals surface area (Å²) in [7, 11) is 0. The molecule has 0 unspecified atom stereocenters. The lowest BCUT2D eigenvalue weighted by atomic mass is 10.1. The number of aromatic nitrogens is 1. The van der Waals surface area contributed by atoms with Crippen molar-refractivity contribution in [1.29, 1.82) is 0 Å². The van der Waals surface area contributed by atoms with E-state index in [1.165, 1.54) is 4.21 Å². The van der Waals surface area contributed by atoms with Gasteiger partial charge in [-0.25, -0.2) is 0 Å². The zero-order valence-corrected chi connectivity index (χ0v) is 13.2. The van der Waals surface area contributed by atoms with Crippen LogP contribution in [0.4, 0.5) is 0 Å². The van der Waals surface area contributed by atoms with E-state index < -0.39 is 0 Å². The molecule has 0 spiro atoms. The van der Waals surface area contributed by atoms with Crippen LogP contribution in [-0.2, 0) is 11.3 Å². The van der Waals surface area contributed by atoms with Crippen molar-refractivity contribution < 1.29 is 4.79 Å². The Balaban J connectivity index is 1.93. The molecule has 0 saturated heterocycles. The summed E-state index contributed by atoms with van der Waals surface area (Å²) in [5.74, 6) is 0.373. The lowest BCUT2D eigenvalue weighted by Gasteiger charge is -2.19. The van der Waals surface area contributed by atoms with Crippen molar-refractivity contribution in [1.82, 2.24) is 10.3 Å². The first-order valence-electron chi connectivity index (χ1n) is 6.53. The molecule has 0 aliphatic carbocycles. The summed E-state index contributed by atoms with van der Waals surface area (Å²) in [6.45, 7) is 4.69. The first-order valence-corrected chi connectivity index (χ1v) is 8.29. The fourth-order valence-corrected chi connectivity index (χ4v) is 3.76. The average Bonchev–Trinajstić information content (AvgIpc) is 2.96. The van der Waals surface area contributed by atoms with Crippen LogP contribution >= 0.6 is 23.1 Å². The lowest BCUT2D eigenvalue weighted by molar-refractivity contribution is -0.121. The minimum Gasteiger partial charge on any atom is -0.351 e. The number of carbonyl (C=O) groups is 1. The van der Waals surface area contributed by atoms with Crippen LogP contribution < -0.4 is 5.32 Å². The van der Waals surface area contributed by atoms with Gasteiger partial charge in [0, 0.05) is 18.9 Å². The van der Waals surface area contributed by atoms with Gasteiger partial charge in [0.2, 0.25) is 5.91 Å². The zero-order chi connectivity index (χ0) is 14.4. The molecule has 0 aliphatic rings. The number of rotatable bonds is 6. The topological polar surface area (TPSA) is 42.0 Å². The highest BCUT2D eigenvalue weighted by molar-refractivity contribution is 8.02. The van der Waals surface area contributed by atoms with E-state index in [4.69, 9.17) is 0 Å². The van der Waals surface area contributed by atoms with Crippen molar-refractivity contribution in [3.63, 3.8) is 0 Å². The van der Waals surface area contributed by atoms with E-state index in [0.717, 1.165) is 5.56 Å². The maximum atomic E-state index is 12.3. The smallest absolute Gasteiger partial charge is 0.234 e. The molecule has 1 amide bonds. The van der Waals surface area contributed by atoms with Crippen LogP contribution in [0, 0.1) is 5.92 Å². The molecular formula is C15H18N2OS2. The molecule has 20 heavy (non-hydrogen) atoms. The van der Waals surface area contributed by atoms with Gasteiger partial charge in [-0.15, -0.1) is 23.1 Å². The Morgan fingerprint density at radius 1 is 1.40 bits per heavy atom. The van der Waals surface area contributed by atoms with E-state index in [9.17, 15) is 4.79 Å². The van der Waals surface area contributed by atoms with Gasteiger partial charge in [-0.2, -0.15) is 0 Å². The Morgan fingerprint density at radius 2 is 2.25 bits per heavy atom. The van der Waals surface area contributed by atoms with Crippen molar-refractivity contribution in [2.45, 2.75) is 29.9 Å². The Hall–Kier alpha value is -1.33. The van der Waals surface area contributed by atoms with Gasteiger partial charge in [-0.05, 0) is 29.0 Å². The first-order chi connectivity index (χ1) is 9.66. The molecule has 0 fully saturated rings. The molecule has 3 nitrogen and oxygen atoms in total. The third-order valence-electron chi connectivity index (χ3n) is 2.79. The molecular weight excluding hydrogens is 288 g/mol.